The van der Waals surface area contributed by atoms with E-state index in [2.05, 4.69) is 34.5 Å². The summed E-state index contributed by atoms with van der Waals surface area (Å²) in [6.07, 6.45) is 1.66. The van der Waals surface area contributed by atoms with Crippen molar-refractivity contribution in [3.63, 3.8) is 0 Å². The predicted molar refractivity (Wildman–Crippen MR) is 78.5 cm³/mol. The number of hydrogen-bond donors (Lipinski definition) is 1. The van der Waals surface area contributed by atoms with Crippen molar-refractivity contribution < 1.29 is 4.79 Å². The molecule has 0 aromatic heterocycles. The van der Waals surface area contributed by atoms with Crippen LogP contribution in [-0.4, -0.2) is 51.1 Å². The largest absolute Gasteiger partial charge is 0.370 e. The molecule has 19 heavy (non-hydrogen) atoms. The second-order valence-corrected chi connectivity index (χ2v) is 5.22. The van der Waals surface area contributed by atoms with Gasteiger partial charge in [-0.25, -0.2) is 0 Å². The molecule has 1 aliphatic heterocycles. The van der Waals surface area contributed by atoms with Crippen molar-refractivity contribution in [1.82, 2.24) is 10.2 Å². The van der Waals surface area contributed by atoms with Crippen LogP contribution < -0.4 is 10.2 Å². The van der Waals surface area contributed by atoms with E-state index in [1.54, 1.807) is 19.0 Å². The molecular formula is C15H23N3O. The topological polar surface area (TPSA) is 35.6 Å². The number of anilines is 1. The minimum Gasteiger partial charge on any atom is -0.370 e. The van der Waals surface area contributed by atoms with Crippen LogP contribution >= 0.6 is 0 Å². The lowest BCUT2D eigenvalue weighted by Gasteiger charge is -2.22. The number of carbonyl (C=O) groups is 1. The molecule has 4 heteroatoms. The molecule has 1 amide bonds. The normalized spacial score (nSPS) is 16.0. The lowest BCUT2D eigenvalue weighted by Crippen LogP contribution is -2.27. The van der Waals surface area contributed by atoms with Gasteiger partial charge in [0.15, 0.2) is 0 Å². The van der Waals surface area contributed by atoms with Crippen molar-refractivity contribution in [2.75, 3.05) is 45.2 Å². The highest BCUT2D eigenvalue weighted by molar-refractivity contribution is 5.78. The van der Waals surface area contributed by atoms with Gasteiger partial charge in [0.2, 0.25) is 5.91 Å². The fraction of sp³-hybridized carbons (Fsp3) is 0.533. The van der Waals surface area contributed by atoms with Crippen LogP contribution in [0.3, 0.4) is 0 Å². The number of hydrogen-bond acceptors (Lipinski definition) is 3. The van der Waals surface area contributed by atoms with Crippen molar-refractivity contribution in [3.05, 3.63) is 29.8 Å². The molecule has 0 spiro atoms. The second-order valence-electron chi connectivity index (χ2n) is 5.22. The predicted octanol–water partition coefficient (Wildman–Crippen LogP) is 1.12. The van der Waals surface area contributed by atoms with E-state index < -0.39 is 0 Å². The smallest absolute Gasteiger partial charge is 0.226 e. The first-order valence-corrected chi connectivity index (χ1v) is 6.91. The lowest BCUT2D eigenvalue weighted by atomic mass is 10.1. The summed E-state index contributed by atoms with van der Waals surface area (Å²) in [4.78, 5) is 15.7. The van der Waals surface area contributed by atoms with Gasteiger partial charge in [-0.05, 0) is 30.7 Å². The van der Waals surface area contributed by atoms with Crippen LogP contribution in [-0.2, 0) is 11.2 Å². The lowest BCUT2D eigenvalue weighted by molar-refractivity contribution is -0.127. The Balaban J connectivity index is 1.99. The van der Waals surface area contributed by atoms with Crippen LogP contribution in [0, 0.1) is 0 Å². The van der Waals surface area contributed by atoms with E-state index in [0.717, 1.165) is 31.7 Å². The van der Waals surface area contributed by atoms with E-state index in [1.807, 2.05) is 0 Å². The Labute approximate surface area is 115 Å². The first-order valence-electron chi connectivity index (χ1n) is 6.91. The van der Waals surface area contributed by atoms with Gasteiger partial charge >= 0.3 is 0 Å². The number of benzene rings is 1. The molecule has 1 fully saturated rings. The summed E-state index contributed by atoms with van der Waals surface area (Å²) < 4.78 is 0. The molecule has 2 rings (SSSR count). The minimum absolute atomic E-state index is 0.145. The molecule has 0 bridgehead atoms. The van der Waals surface area contributed by atoms with Crippen molar-refractivity contribution in [2.24, 2.45) is 0 Å². The molecule has 1 aliphatic rings. The second kappa shape index (κ2) is 6.57. The molecule has 1 aromatic carbocycles. The van der Waals surface area contributed by atoms with Gasteiger partial charge in [0.25, 0.3) is 0 Å². The van der Waals surface area contributed by atoms with Crippen LogP contribution in [0.15, 0.2) is 24.3 Å². The standard InChI is InChI=1S/C15H23N3O/c1-17(2)15(19)12-13-4-6-14(7-5-13)18-10-3-8-16-9-11-18/h4-7,16H,3,8-12H2,1-2H3. The maximum Gasteiger partial charge on any atom is 0.226 e. The van der Waals surface area contributed by atoms with Gasteiger partial charge in [-0.15, -0.1) is 0 Å². The van der Waals surface area contributed by atoms with Crippen molar-refractivity contribution in [3.8, 4) is 0 Å². The number of nitrogens with one attached hydrogen (secondary N) is 1. The first kappa shape index (κ1) is 13.9. The summed E-state index contributed by atoms with van der Waals surface area (Å²) in [5.74, 6) is 0.145. The maximum atomic E-state index is 11.7. The van der Waals surface area contributed by atoms with Crippen LogP contribution in [0.5, 0.6) is 0 Å². The Kier molecular flexibility index (Phi) is 4.80. The fourth-order valence-electron chi connectivity index (χ4n) is 2.26. The summed E-state index contributed by atoms with van der Waals surface area (Å²) in [7, 11) is 3.59. The van der Waals surface area contributed by atoms with Gasteiger partial charge in [-0.1, -0.05) is 12.1 Å². The summed E-state index contributed by atoms with van der Waals surface area (Å²) in [5.41, 5.74) is 2.33. The van der Waals surface area contributed by atoms with E-state index in [-0.39, 0.29) is 5.91 Å². The summed E-state index contributed by atoms with van der Waals surface area (Å²) in [6.45, 7) is 4.30. The number of carbonyl (C=O) groups excluding carboxylic acids is 1. The van der Waals surface area contributed by atoms with Gasteiger partial charge in [0, 0.05) is 39.4 Å². The molecular weight excluding hydrogens is 238 g/mol. The molecule has 0 saturated carbocycles. The van der Waals surface area contributed by atoms with Crippen LogP contribution in [0.1, 0.15) is 12.0 Å². The molecule has 104 valence electrons. The Bertz CT molecular complexity index is 406. The molecule has 0 aliphatic carbocycles. The molecule has 1 aromatic rings. The zero-order chi connectivity index (χ0) is 13.7. The molecule has 0 radical (unpaired) electrons. The Morgan fingerprint density at radius 2 is 1.95 bits per heavy atom. The van der Waals surface area contributed by atoms with E-state index in [4.69, 9.17) is 0 Å². The van der Waals surface area contributed by atoms with Gasteiger partial charge < -0.3 is 15.1 Å². The van der Waals surface area contributed by atoms with Gasteiger partial charge in [0.1, 0.15) is 0 Å². The van der Waals surface area contributed by atoms with Crippen LogP contribution in [0.4, 0.5) is 5.69 Å². The molecule has 0 unspecified atom stereocenters. The van der Waals surface area contributed by atoms with Crippen LogP contribution in [0.25, 0.3) is 0 Å². The third-order valence-electron chi connectivity index (χ3n) is 3.50. The maximum absolute atomic E-state index is 11.7. The van der Waals surface area contributed by atoms with Crippen LogP contribution in [0.2, 0.25) is 0 Å². The summed E-state index contributed by atoms with van der Waals surface area (Å²) in [6, 6.07) is 8.39. The molecule has 4 nitrogen and oxygen atoms in total. The van der Waals surface area contributed by atoms with Crippen molar-refractivity contribution in [2.45, 2.75) is 12.8 Å². The van der Waals surface area contributed by atoms with Crippen molar-refractivity contribution >= 4 is 11.6 Å². The average molecular weight is 261 g/mol. The molecule has 0 atom stereocenters. The zero-order valence-corrected chi connectivity index (χ0v) is 11.9. The summed E-state index contributed by atoms with van der Waals surface area (Å²) >= 11 is 0. The van der Waals surface area contributed by atoms with Crippen molar-refractivity contribution in [1.29, 1.82) is 0 Å². The molecule has 1 saturated heterocycles. The Hall–Kier alpha value is -1.55. The third-order valence-corrected chi connectivity index (χ3v) is 3.50. The number of likely N-dealkylation sites (N-methyl/N-ethyl adjacent to an activating group) is 1. The highest BCUT2D eigenvalue weighted by atomic mass is 16.2. The number of amides is 1. The number of rotatable bonds is 3. The van der Waals surface area contributed by atoms with E-state index in [9.17, 15) is 4.79 Å². The molecule has 1 N–H and O–H groups in total. The molecule has 1 heterocycles. The van der Waals surface area contributed by atoms with Gasteiger partial charge in [-0.3, -0.25) is 4.79 Å². The monoisotopic (exact) mass is 261 g/mol. The summed E-state index contributed by atoms with van der Waals surface area (Å²) in [5, 5.41) is 3.41. The third kappa shape index (κ3) is 3.96. The van der Waals surface area contributed by atoms with Gasteiger partial charge in [-0.2, -0.15) is 0 Å². The highest BCUT2D eigenvalue weighted by Crippen LogP contribution is 2.16. The fourth-order valence-corrected chi connectivity index (χ4v) is 2.26. The number of nitrogens with zero attached hydrogens (tertiary/aromatic N) is 2. The minimum atomic E-state index is 0.145. The quantitative estimate of drug-likeness (QED) is 0.885. The highest BCUT2D eigenvalue weighted by Gasteiger charge is 2.10. The Morgan fingerprint density at radius 3 is 2.63 bits per heavy atom. The zero-order valence-electron chi connectivity index (χ0n) is 11.9. The van der Waals surface area contributed by atoms with E-state index in [0.29, 0.717) is 6.42 Å². The SMILES string of the molecule is CN(C)C(=O)Cc1ccc(N2CCCNCC2)cc1. The average Bonchev–Trinajstić information content (AvgIpc) is 2.68. The van der Waals surface area contributed by atoms with Gasteiger partial charge in [0.05, 0.1) is 6.42 Å². The van der Waals surface area contributed by atoms with E-state index in [1.165, 1.54) is 12.1 Å². The first-order chi connectivity index (χ1) is 9.16. The van der Waals surface area contributed by atoms with E-state index >= 15 is 0 Å². The Morgan fingerprint density at radius 1 is 1.21 bits per heavy atom.